The molecule has 4 aliphatic rings. The highest BCUT2D eigenvalue weighted by atomic mass is 32.1. The first-order chi connectivity index (χ1) is 12.0. The standard InChI is InChI=1S/C23H32OS/c1-22-10-7-17(25)13-16(22)3-4-18-20-6-5-19(15-9-12-24-14-15)23(20,2)11-8-21(18)22/h9,12-14,17-21,25H,3-8,10-11H2,1-2H3/t17?,18-,19?,20-,21+,22-,23+/m0/s1. The minimum Gasteiger partial charge on any atom is -0.472 e. The second-order valence-corrected chi connectivity index (χ2v) is 10.5. The van der Waals surface area contributed by atoms with Crippen LogP contribution in [-0.2, 0) is 0 Å². The van der Waals surface area contributed by atoms with Crippen molar-refractivity contribution in [2.75, 3.05) is 0 Å². The molecule has 1 aromatic rings. The smallest absolute Gasteiger partial charge is 0.0937 e. The number of allylic oxidation sites excluding steroid dienone is 1. The average Bonchev–Trinajstić information content (AvgIpc) is 3.22. The number of hydrogen-bond acceptors (Lipinski definition) is 2. The summed E-state index contributed by atoms with van der Waals surface area (Å²) in [7, 11) is 0. The van der Waals surface area contributed by atoms with Gasteiger partial charge in [-0.05, 0) is 97.5 Å². The molecule has 136 valence electrons. The van der Waals surface area contributed by atoms with Crippen LogP contribution < -0.4 is 0 Å². The van der Waals surface area contributed by atoms with Gasteiger partial charge < -0.3 is 4.42 Å². The van der Waals surface area contributed by atoms with Crippen molar-refractivity contribution < 1.29 is 4.42 Å². The van der Waals surface area contributed by atoms with Crippen LogP contribution in [-0.4, -0.2) is 5.25 Å². The summed E-state index contributed by atoms with van der Waals surface area (Å²) in [5.41, 5.74) is 4.18. The van der Waals surface area contributed by atoms with E-state index in [1.165, 1.54) is 56.9 Å². The molecular weight excluding hydrogens is 324 g/mol. The highest BCUT2D eigenvalue weighted by molar-refractivity contribution is 7.81. The van der Waals surface area contributed by atoms with E-state index >= 15 is 0 Å². The molecule has 7 atom stereocenters. The fraction of sp³-hybridized carbons (Fsp3) is 0.739. The van der Waals surface area contributed by atoms with E-state index in [9.17, 15) is 0 Å². The van der Waals surface area contributed by atoms with Gasteiger partial charge in [0.15, 0.2) is 0 Å². The molecule has 0 aliphatic heterocycles. The summed E-state index contributed by atoms with van der Waals surface area (Å²) >= 11 is 4.77. The Morgan fingerprint density at radius 3 is 2.72 bits per heavy atom. The Hall–Kier alpha value is -0.630. The molecule has 1 aromatic heterocycles. The summed E-state index contributed by atoms with van der Waals surface area (Å²) in [5.74, 6) is 3.48. The van der Waals surface area contributed by atoms with Crippen molar-refractivity contribution in [2.24, 2.45) is 28.6 Å². The summed E-state index contributed by atoms with van der Waals surface area (Å²) in [6, 6.07) is 2.22. The van der Waals surface area contributed by atoms with E-state index in [1.807, 2.05) is 12.5 Å². The molecular formula is C23H32OS. The van der Waals surface area contributed by atoms with E-state index in [2.05, 4.69) is 26.0 Å². The van der Waals surface area contributed by atoms with Gasteiger partial charge in [-0.3, -0.25) is 0 Å². The molecule has 0 saturated heterocycles. The predicted octanol–water partition coefficient (Wildman–Crippen LogP) is 6.62. The van der Waals surface area contributed by atoms with Crippen LogP contribution in [0.5, 0.6) is 0 Å². The van der Waals surface area contributed by atoms with Gasteiger partial charge in [-0.25, -0.2) is 0 Å². The highest BCUT2D eigenvalue weighted by Gasteiger charge is 2.59. The van der Waals surface area contributed by atoms with Crippen LogP contribution in [0.4, 0.5) is 0 Å². The lowest BCUT2D eigenvalue weighted by molar-refractivity contribution is -0.0413. The van der Waals surface area contributed by atoms with Crippen LogP contribution >= 0.6 is 12.6 Å². The molecule has 1 nitrogen and oxygen atoms in total. The van der Waals surface area contributed by atoms with E-state index in [4.69, 9.17) is 17.0 Å². The monoisotopic (exact) mass is 356 g/mol. The number of furan rings is 1. The molecule has 0 bridgehead atoms. The van der Waals surface area contributed by atoms with Crippen molar-refractivity contribution in [1.82, 2.24) is 0 Å². The Kier molecular flexibility index (Phi) is 3.76. The summed E-state index contributed by atoms with van der Waals surface area (Å²) in [6.07, 6.45) is 17.4. The molecule has 3 fully saturated rings. The Balaban J connectivity index is 1.47. The third kappa shape index (κ3) is 2.28. The lowest BCUT2D eigenvalue weighted by Crippen LogP contribution is -2.50. The lowest BCUT2D eigenvalue weighted by atomic mass is 9.46. The molecule has 3 saturated carbocycles. The molecule has 2 heteroatoms. The fourth-order valence-electron chi connectivity index (χ4n) is 7.73. The third-order valence-electron chi connectivity index (χ3n) is 9.03. The van der Waals surface area contributed by atoms with Crippen LogP contribution in [0.1, 0.15) is 76.7 Å². The van der Waals surface area contributed by atoms with Gasteiger partial charge in [-0.1, -0.05) is 25.5 Å². The van der Waals surface area contributed by atoms with Crippen LogP contribution in [0.25, 0.3) is 0 Å². The van der Waals surface area contributed by atoms with Gasteiger partial charge in [-0.2, -0.15) is 12.6 Å². The van der Waals surface area contributed by atoms with Crippen molar-refractivity contribution in [1.29, 1.82) is 0 Å². The first-order valence-corrected chi connectivity index (χ1v) is 11.0. The lowest BCUT2D eigenvalue weighted by Gasteiger charge is -2.58. The van der Waals surface area contributed by atoms with Crippen LogP contribution in [0.2, 0.25) is 0 Å². The maximum atomic E-state index is 5.44. The van der Waals surface area contributed by atoms with Crippen molar-refractivity contribution >= 4 is 12.6 Å². The minimum atomic E-state index is 0.469. The average molecular weight is 357 g/mol. The zero-order valence-corrected chi connectivity index (χ0v) is 16.6. The van der Waals surface area contributed by atoms with Crippen LogP contribution in [0, 0.1) is 28.6 Å². The highest BCUT2D eigenvalue weighted by Crippen LogP contribution is 2.68. The molecule has 0 radical (unpaired) electrons. The maximum Gasteiger partial charge on any atom is 0.0937 e. The molecule has 2 unspecified atom stereocenters. The first kappa shape index (κ1) is 16.5. The second kappa shape index (κ2) is 5.68. The Bertz CT molecular complexity index is 676. The van der Waals surface area contributed by atoms with E-state index < -0.39 is 0 Å². The number of fused-ring (bicyclic) bond motifs is 5. The molecule has 25 heavy (non-hydrogen) atoms. The van der Waals surface area contributed by atoms with Crippen LogP contribution in [0.3, 0.4) is 0 Å². The largest absolute Gasteiger partial charge is 0.472 e. The zero-order chi connectivity index (χ0) is 17.2. The third-order valence-corrected chi connectivity index (χ3v) is 9.44. The predicted molar refractivity (Wildman–Crippen MR) is 106 cm³/mol. The van der Waals surface area contributed by atoms with E-state index in [1.54, 1.807) is 5.57 Å². The Morgan fingerprint density at radius 1 is 1.04 bits per heavy atom. The van der Waals surface area contributed by atoms with Gasteiger partial charge in [0.25, 0.3) is 0 Å². The number of thiol groups is 1. The van der Waals surface area contributed by atoms with E-state index in [-0.39, 0.29) is 0 Å². The van der Waals surface area contributed by atoms with Gasteiger partial charge in [0.2, 0.25) is 0 Å². The molecule has 0 amide bonds. The van der Waals surface area contributed by atoms with E-state index in [0.29, 0.717) is 16.1 Å². The topological polar surface area (TPSA) is 13.1 Å². The van der Waals surface area contributed by atoms with Gasteiger partial charge in [0.1, 0.15) is 0 Å². The Labute approximate surface area is 158 Å². The molecule has 0 spiro atoms. The van der Waals surface area contributed by atoms with Crippen molar-refractivity contribution in [2.45, 2.75) is 76.4 Å². The number of hydrogen-bond donors (Lipinski definition) is 1. The molecule has 4 aliphatic carbocycles. The molecule has 5 rings (SSSR count). The quantitative estimate of drug-likeness (QED) is 0.440. The minimum absolute atomic E-state index is 0.469. The summed E-state index contributed by atoms with van der Waals surface area (Å²) in [5, 5.41) is 0.505. The first-order valence-electron chi connectivity index (χ1n) is 10.4. The molecule has 0 N–H and O–H groups in total. The summed E-state index contributed by atoms with van der Waals surface area (Å²) < 4.78 is 5.44. The molecule has 0 aromatic carbocycles. The second-order valence-electron chi connectivity index (χ2n) is 9.86. The normalized spacial score (nSPS) is 49.1. The van der Waals surface area contributed by atoms with Gasteiger partial charge in [0, 0.05) is 5.25 Å². The van der Waals surface area contributed by atoms with Gasteiger partial charge in [-0.15, -0.1) is 0 Å². The SMILES string of the molecule is C[C@]12CCC(S)C=C1CC[C@@H]1[C@H]2CC[C@]2(C)C(c3ccoc3)CC[C@@H]12. The van der Waals surface area contributed by atoms with Crippen LogP contribution in [0.15, 0.2) is 34.7 Å². The molecule has 1 heterocycles. The Morgan fingerprint density at radius 2 is 1.92 bits per heavy atom. The van der Waals surface area contributed by atoms with Gasteiger partial charge in [0.05, 0.1) is 12.5 Å². The number of rotatable bonds is 1. The van der Waals surface area contributed by atoms with Crippen molar-refractivity contribution in [3.8, 4) is 0 Å². The summed E-state index contributed by atoms with van der Waals surface area (Å²) in [4.78, 5) is 0. The summed E-state index contributed by atoms with van der Waals surface area (Å²) in [6.45, 7) is 5.21. The van der Waals surface area contributed by atoms with Gasteiger partial charge >= 0.3 is 0 Å². The maximum absolute atomic E-state index is 5.44. The fourth-order valence-corrected chi connectivity index (χ4v) is 8.04. The van der Waals surface area contributed by atoms with E-state index in [0.717, 1.165) is 23.7 Å². The van der Waals surface area contributed by atoms with Crippen molar-refractivity contribution in [3.05, 3.63) is 35.8 Å². The zero-order valence-electron chi connectivity index (χ0n) is 15.7. The van der Waals surface area contributed by atoms with Crippen molar-refractivity contribution in [3.63, 3.8) is 0 Å².